The first-order valence-corrected chi connectivity index (χ1v) is 10.7. The lowest BCUT2D eigenvalue weighted by Gasteiger charge is -2.32. The fraction of sp³-hybridized carbons (Fsp3) is 0.231. The SMILES string of the molecule is Cc1ccc(Oc2ccccc2NC(=O)C2CCCN(C(=O)c3ccc(F)cc3)C2)cc1. The summed E-state index contributed by atoms with van der Waals surface area (Å²) in [4.78, 5) is 27.4. The number of carbonyl (C=O) groups is 2. The van der Waals surface area contributed by atoms with Crippen molar-refractivity contribution in [1.29, 1.82) is 0 Å². The van der Waals surface area contributed by atoms with Gasteiger partial charge in [0.15, 0.2) is 5.75 Å². The van der Waals surface area contributed by atoms with Crippen LogP contribution in [-0.2, 0) is 4.79 Å². The van der Waals surface area contributed by atoms with E-state index in [9.17, 15) is 14.0 Å². The number of para-hydroxylation sites is 2. The topological polar surface area (TPSA) is 58.6 Å². The molecule has 1 aliphatic rings. The van der Waals surface area contributed by atoms with E-state index in [0.29, 0.717) is 42.3 Å². The number of piperidine rings is 1. The predicted octanol–water partition coefficient (Wildman–Crippen LogP) is 5.42. The van der Waals surface area contributed by atoms with Gasteiger partial charge in [0.25, 0.3) is 5.91 Å². The van der Waals surface area contributed by atoms with Gasteiger partial charge in [-0.25, -0.2) is 4.39 Å². The molecule has 3 aromatic rings. The number of rotatable bonds is 5. The number of nitrogens with zero attached hydrogens (tertiary/aromatic N) is 1. The summed E-state index contributed by atoms with van der Waals surface area (Å²) in [6, 6.07) is 20.5. The van der Waals surface area contributed by atoms with Crippen LogP contribution in [0, 0.1) is 18.7 Å². The van der Waals surface area contributed by atoms with E-state index in [1.54, 1.807) is 17.0 Å². The first-order valence-electron chi connectivity index (χ1n) is 10.7. The third-order valence-electron chi connectivity index (χ3n) is 5.56. The normalized spacial score (nSPS) is 15.8. The second-order valence-corrected chi connectivity index (χ2v) is 8.00. The van der Waals surface area contributed by atoms with Crippen molar-refractivity contribution in [3.05, 3.63) is 89.7 Å². The number of ether oxygens (including phenoxy) is 1. The molecule has 0 aromatic heterocycles. The Kier molecular flexibility index (Phi) is 6.50. The Morgan fingerprint density at radius 3 is 2.47 bits per heavy atom. The monoisotopic (exact) mass is 432 g/mol. The first-order chi connectivity index (χ1) is 15.5. The number of hydrogen-bond donors (Lipinski definition) is 1. The van der Waals surface area contributed by atoms with Gasteiger partial charge in [0, 0.05) is 18.7 Å². The van der Waals surface area contributed by atoms with Gasteiger partial charge in [0.1, 0.15) is 11.6 Å². The second kappa shape index (κ2) is 9.64. The number of halogens is 1. The van der Waals surface area contributed by atoms with Gasteiger partial charge in [-0.15, -0.1) is 0 Å². The van der Waals surface area contributed by atoms with Gasteiger partial charge in [0.05, 0.1) is 11.6 Å². The van der Waals surface area contributed by atoms with Crippen molar-refractivity contribution < 1.29 is 18.7 Å². The Morgan fingerprint density at radius 2 is 1.72 bits per heavy atom. The van der Waals surface area contributed by atoms with Crippen molar-refractivity contribution in [2.24, 2.45) is 5.92 Å². The molecule has 1 N–H and O–H groups in total. The molecule has 0 aliphatic carbocycles. The van der Waals surface area contributed by atoms with Crippen molar-refractivity contribution in [2.45, 2.75) is 19.8 Å². The van der Waals surface area contributed by atoms with Crippen LogP contribution < -0.4 is 10.1 Å². The highest BCUT2D eigenvalue weighted by Crippen LogP contribution is 2.30. The molecular weight excluding hydrogens is 407 g/mol. The number of likely N-dealkylation sites (tertiary alicyclic amines) is 1. The van der Waals surface area contributed by atoms with E-state index >= 15 is 0 Å². The van der Waals surface area contributed by atoms with E-state index in [-0.39, 0.29) is 23.5 Å². The zero-order valence-electron chi connectivity index (χ0n) is 17.9. The molecule has 0 bridgehead atoms. The lowest BCUT2D eigenvalue weighted by atomic mass is 9.96. The maximum Gasteiger partial charge on any atom is 0.253 e. The van der Waals surface area contributed by atoms with E-state index in [1.807, 2.05) is 43.3 Å². The van der Waals surface area contributed by atoms with Gasteiger partial charge >= 0.3 is 0 Å². The summed E-state index contributed by atoms with van der Waals surface area (Å²) in [7, 11) is 0. The number of hydrogen-bond acceptors (Lipinski definition) is 3. The fourth-order valence-corrected chi connectivity index (χ4v) is 3.78. The summed E-state index contributed by atoms with van der Waals surface area (Å²) in [5, 5.41) is 2.97. The molecule has 0 radical (unpaired) electrons. The zero-order chi connectivity index (χ0) is 22.5. The quantitative estimate of drug-likeness (QED) is 0.586. The smallest absolute Gasteiger partial charge is 0.253 e. The molecule has 2 amide bonds. The zero-order valence-corrected chi connectivity index (χ0v) is 17.9. The van der Waals surface area contributed by atoms with Crippen LogP contribution >= 0.6 is 0 Å². The van der Waals surface area contributed by atoms with E-state index in [1.165, 1.54) is 24.3 Å². The Morgan fingerprint density at radius 1 is 1.00 bits per heavy atom. The summed E-state index contributed by atoms with van der Waals surface area (Å²) in [5.74, 6) is 0.183. The molecule has 5 nitrogen and oxygen atoms in total. The Bertz CT molecular complexity index is 1100. The highest BCUT2D eigenvalue weighted by molar-refractivity contribution is 5.96. The van der Waals surface area contributed by atoms with Crippen LogP contribution in [0.5, 0.6) is 11.5 Å². The summed E-state index contributed by atoms with van der Waals surface area (Å²) >= 11 is 0. The fourth-order valence-electron chi connectivity index (χ4n) is 3.78. The molecule has 1 unspecified atom stereocenters. The Labute approximate surface area is 186 Å². The molecule has 1 saturated heterocycles. The van der Waals surface area contributed by atoms with E-state index in [4.69, 9.17) is 4.74 Å². The predicted molar refractivity (Wildman–Crippen MR) is 121 cm³/mol. The minimum absolute atomic E-state index is 0.151. The van der Waals surface area contributed by atoms with Crippen molar-refractivity contribution in [1.82, 2.24) is 4.90 Å². The lowest BCUT2D eigenvalue weighted by Crippen LogP contribution is -2.43. The number of benzene rings is 3. The second-order valence-electron chi connectivity index (χ2n) is 8.00. The average Bonchev–Trinajstić information content (AvgIpc) is 2.82. The molecule has 32 heavy (non-hydrogen) atoms. The largest absolute Gasteiger partial charge is 0.455 e. The van der Waals surface area contributed by atoms with Gasteiger partial charge in [-0.3, -0.25) is 9.59 Å². The summed E-state index contributed by atoms with van der Waals surface area (Å²) in [5.41, 5.74) is 2.14. The average molecular weight is 432 g/mol. The van der Waals surface area contributed by atoms with Crippen LogP contribution in [0.3, 0.4) is 0 Å². The Balaban J connectivity index is 1.43. The molecule has 4 rings (SSSR count). The molecule has 0 saturated carbocycles. The van der Waals surface area contributed by atoms with Crippen LogP contribution in [0.15, 0.2) is 72.8 Å². The molecular formula is C26H25FN2O3. The van der Waals surface area contributed by atoms with Crippen LogP contribution in [0.2, 0.25) is 0 Å². The molecule has 1 heterocycles. The van der Waals surface area contributed by atoms with E-state index < -0.39 is 0 Å². The van der Waals surface area contributed by atoms with Crippen molar-refractivity contribution in [2.75, 3.05) is 18.4 Å². The first kappa shape index (κ1) is 21.6. The van der Waals surface area contributed by atoms with Gasteiger partial charge < -0.3 is 15.0 Å². The molecule has 0 spiro atoms. The maximum absolute atomic E-state index is 13.2. The van der Waals surface area contributed by atoms with Crippen LogP contribution in [-0.4, -0.2) is 29.8 Å². The van der Waals surface area contributed by atoms with Gasteiger partial charge in [0.2, 0.25) is 5.91 Å². The van der Waals surface area contributed by atoms with E-state index in [2.05, 4.69) is 5.32 Å². The van der Waals surface area contributed by atoms with Crippen molar-refractivity contribution in [3.63, 3.8) is 0 Å². The molecule has 3 aromatic carbocycles. The molecule has 1 aliphatic heterocycles. The van der Waals surface area contributed by atoms with Gasteiger partial charge in [-0.2, -0.15) is 0 Å². The van der Waals surface area contributed by atoms with Crippen molar-refractivity contribution >= 4 is 17.5 Å². The third-order valence-corrected chi connectivity index (χ3v) is 5.56. The molecule has 1 atom stereocenters. The molecule has 1 fully saturated rings. The number of amides is 2. The number of carbonyl (C=O) groups excluding carboxylic acids is 2. The minimum Gasteiger partial charge on any atom is -0.455 e. The standard InChI is InChI=1S/C26H25FN2O3/c1-18-8-14-22(15-9-18)32-24-7-3-2-6-23(24)28-25(30)20-5-4-16-29(17-20)26(31)19-10-12-21(27)13-11-19/h2-3,6-15,20H,4-5,16-17H2,1H3,(H,28,30). The maximum atomic E-state index is 13.2. The van der Waals surface area contributed by atoms with Crippen LogP contribution in [0.25, 0.3) is 0 Å². The Hall–Kier alpha value is -3.67. The number of anilines is 1. The summed E-state index contributed by atoms with van der Waals surface area (Å²) in [6.45, 7) is 2.91. The summed E-state index contributed by atoms with van der Waals surface area (Å²) < 4.78 is 19.1. The van der Waals surface area contributed by atoms with E-state index in [0.717, 1.165) is 12.0 Å². The van der Waals surface area contributed by atoms with Gasteiger partial charge in [-0.1, -0.05) is 29.8 Å². The highest BCUT2D eigenvalue weighted by atomic mass is 19.1. The molecule has 164 valence electrons. The van der Waals surface area contributed by atoms with Crippen LogP contribution in [0.4, 0.5) is 10.1 Å². The lowest BCUT2D eigenvalue weighted by molar-refractivity contribution is -0.121. The van der Waals surface area contributed by atoms with Crippen LogP contribution in [0.1, 0.15) is 28.8 Å². The summed E-state index contributed by atoms with van der Waals surface area (Å²) in [6.07, 6.45) is 1.42. The highest BCUT2D eigenvalue weighted by Gasteiger charge is 2.29. The number of aryl methyl sites for hydroxylation is 1. The van der Waals surface area contributed by atoms with Gasteiger partial charge in [-0.05, 0) is 68.3 Å². The van der Waals surface area contributed by atoms with Crippen molar-refractivity contribution in [3.8, 4) is 11.5 Å². The molecule has 6 heteroatoms. The minimum atomic E-state index is -0.385. The third kappa shape index (κ3) is 5.14. The number of nitrogens with one attached hydrogen (secondary N) is 1.